The molecule has 0 amide bonds. The summed E-state index contributed by atoms with van der Waals surface area (Å²) in [5.74, 6) is 0.174. The second kappa shape index (κ2) is 8.13. The molecule has 4 nitrogen and oxygen atoms in total. The first-order valence-electron chi connectivity index (χ1n) is 8.76. The van der Waals surface area contributed by atoms with Gasteiger partial charge in [0, 0.05) is 12.6 Å². The molecule has 1 fully saturated rings. The quantitative estimate of drug-likeness (QED) is 0.794. The van der Waals surface area contributed by atoms with Crippen molar-refractivity contribution in [2.45, 2.75) is 31.9 Å². The summed E-state index contributed by atoms with van der Waals surface area (Å²) in [4.78, 5) is 0. The molecule has 2 aromatic carbocycles. The molecular weight excluding hydrogens is 334 g/mol. The van der Waals surface area contributed by atoms with Crippen LogP contribution >= 0.6 is 0 Å². The second-order valence-electron chi connectivity index (χ2n) is 6.56. The maximum Gasteiger partial charge on any atom is 0.214 e. The standard InChI is InChI=1S/C20H25NO3S/c1-17-16-24-20(19-12-6-3-7-13-19)15-21(17)25(22,23)14-8-11-18-9-4-2-5-10-18/h2-7,9-10,12-13,17,20H,8,11,14-16H2,1H3. The lowest BCUT2D eigenvalue weighted by molar-refractivity contribution is -0.0288. The third-order valence-corrected chi connectivity index (χ3v) is 6.64. The topological polar surface area (TPSA) is 46.6 Å². The lowest BCUT2D eigenvalue weighted by Gasteiger charge is -2.37. The van der Waals surface area contributed by atoms with Crippen molar-refractivity contribution in [1.29, 1.82) is 0 Å². The molecule has 3 rings (SSSR count). The van der Waals surface area contributed by atoms with E-state index in [0.717, 1.165) is 12.0 Å². The van der Waals surface area contributed by atoms with Crippen LogP contribution in [0.5, 0.6) is 0 Å². The minimum atomic E-state index is -3.29. The fraction of sp³-hybridized carbons (Fsp3) is 0.400. The van der Waals surface area contributed by atoms with E-state index in [0.29, 0.717) is 19.6 Å². The van der Waals surface area contributed by atoms with E-state index in [-0.39, 0.29) is 17.9 Å². The molecule has 0 bridgehead atoms. The van der Waals surface area contributed by atoms with Gasteiger partial charge in [0.2, 0.25) is 10.0 Å². The van der Waals surface area contributed by atoms with Crippen molar-refractivity contribution < 1.29 is 13.2 Å². The molecule has 1 saturated heterocycles. The normalized spacial score (nSPS) is 22.0. The van der Waals surface area contributed by atoms with Crippen molar-refractivity contribution >= 4 is 10.0 Å². The van der Waals surface area contributed by atoms with E-state index in [9.17, 15) is 8.42 Å². The van der Waals surface area contributed by atoms with Gasteiger partial charge in [-0.1, -0.05) is 60.7 Å². The summed E-state index contributed by atoms with van der Waals surface area (Å²) in [5.41, 5.74) is 2.20. The Morgan fingerprint density at radius 2 is 1.68 bits per heavy atom. The molecular formula is C20H25NO3S. The third kappa shape index (κ3) is 4.69. The van der Waals surface area contributed by atoms with Gasteiger partial charge in [0.15, 0.2) is 0 Å². The Morgan fingerprint density at radius 3 is 2.36 bits per heavy atom. The molecule has 5 heteroatoms. The molecule has 1 heterocycles. The van der Waals surface area contributed by atoms with E-state index in [1.54, 1.807) is 4.31 Å². The maximum atomic E-state index is 12.8. The van der Waals surface area contributed by atoms with Crippen molar-refractivity contribution in [1.82, 2.24) is 4.31 Å². The van der Waals surface area contributed by atoms with E-state index in [2.05, 4.69) is 0 Å². The summed E-state index contributed by atoms with van der Waals surface area (Å²) in [6, 6.07) is 19.7. The van der Waals surface area contributed by atoms with E-state index in [1.807, 2.05) is 67.6 Å². The van der Waals surface area contributed by atoms with Gasteiger partial charge in [-0.3, -0.25) is 0 Å². The first-order valence-corrected chi connectivity index (χ1v) is 10.4. The van der Waals surface area contributed by atoms with Crippen LogP contribution < -0.4 is 0 Å². The van der Waals surface area contributed by atoms with Gasteiger partial charge in [-0.15, -0.1) is 0 Å². The third-order valence-electron chi connectivity index (χ3n) is 4.62. The van der Waals surface area contributed by atoms with Gasteiger partial charge in [0.25, 0.3) is 0 Å². The van der Waals surface area contributed by atoms with Gasteiger partial charge in [-0.2, -0.15) is 4.31 Å². The zero-order valence-corrected chi connectivity index (χ0v) is 15.4. The van der Waals surface area contributed by atoms with Crippen molar-refractivity contribution in [3.63, 3.8) is 0 Å². The first-order chi connectivity index (χ1) is 12.1. The van der Waals surface area contributed by atoms with E-state index >= 15 is 0 Å². The number of rotatable bonds is 6. The summed E-state index contributed by atoms with van der Waals surface area (Å²) in [6.07, 6.45) is 1.22. The highest BCUT2D eigenvalue weighted by Crippen LogP contribution is 2.27. The average Bonchev–Trinajstić information content (AvgIpc) is 2.63. The van der Waals surface area contributed by atoms with Crippen LogP contribution in [0.2, 0.25) is 0 Å². The number of benzene rings is 2. The van der Waals surface area contributed by atoms with Crippen LogP contribution in [0.1, 0.15) is 30.6 Å². The van der Waals surface area contributed by atoms with Gasteiger partial charge < -0.3 is 4.74 Å². The largest absolute Gasteiger partial charge is 0.370 e. The van der Waals surface area contributed by atoms with Crippen LogP contribution in [-0.2, 0) is 21.2 Å². The Bertz CT molecular complexity index is 762. The number of nitrogens with zero attached hydrogens (tertiary/aromatic N) is 1. The summed E-state index contributed by atoms with van der Waals surface area (Å²) in [7, 11) is -3.29. The molecule has 2 unspecified atom stereocenters. The monoisotopic (exact) mass is 359 g/mol. The number of morpholine rings is 1. The Morgan fingerprint density at radius 1 is 1.04 bits per heavy atom. The van der Waals surface area contributed by atoms with Crippen molar-refractivity contribution in [2.75, 3.05) is 18.9 Å². The highest BCUT2D eigenvalue weighted by molar-refractivity contribution is 7.89. The molecule has 1 aliphatic rings. The summed E-state index contributed by atoms with van der Waals surface area (Å²) >= 11 is 0. The molecule has 25 heavy (non-hydrogen) atoms. The number of hydrogen-bond acceptors (Lipinski definition) is 3. The van der Waals surface area contributed by atoms with E-state index < -0.39 is 10.0 Å². The highest BCUT2D eigenvalue weighted by atomic mass is 32.2. The van der Waals surface area contributed by atoms with Gasteiger partial charge in [-0.25, -0.2) is 8.42 Å². The van der Waals surface area contributed by atoms with Crippen molar-refractivity contribution in [2.24, 2.45) is 0 Å². The lowest BCUT2D eigenvalue weighted by atomic mass is 10.1. The fourth-order valence-electron chi connectivity index (χ4n) is 3.21. The Hall–Kier alpha value is -1.69. The zero-order chi connectivity index (χ0) is 17.7. The van der Waals surface area contributed by atoms with Gasteiger partial charge in [-0.05, 0) is 30.9 Å². The molecule has 0 aliphatic carbocycles. The van der Waals surface area contributed by atoms with Crippen LogP contribution in [-0.4, -0.2) is 37.7 Å². The van der Waals surface area contributed by atoms with E-state index in [4.69, 9.17) is 4.74 Å². The molecule has 0 N–H and O–H groups in total. The molecule has 134 valence electrons. The molecule has 0 spiro atoms. The molecule has 0 aromatic heterocycles. The number of ether oxygens (including phenoxy) is 1. The van der Waals surface area contributed by atoms with Gasteiger partial charge in [0.05, 0.1) is 18.5 Å². The van der Waals surface area contributed by atoms with Gasteiger partial charge >= 0.3 is 0 Å². The number of aryl methyl sites for hydroxylation is 1. The van der Waals surface area contributed by atoms with Crippen LogP contribution in [0, 0.1) is 0 Å². The number of sulfonamides is 1. The van der Waals surface area contributed by atoms with Crippen LogP contribution in [0.15, 0.2) is 60.7 Å². The van der Waals surface area contributed by atoms with E-state index in [1.165, 1.54) is 5.56 Å². The predicted octanol–water partition coefficient (Wildman–Crippen LogP) is 3.41. The summed E-state index contributed by atoms with van der Waals surface area (Å²) in [5, 5.41) is 0. The zero-order valence-electron chi connectivity index (χ0n) is 14.5. The van der Waals surface area contributed by atoms with Crippen molar-refractivity contribution in [3.05, 3.63) is 71.8 Å². The highest BCUT2D eigenvalue weighted by Gasteiger charge is 2.34. The molecule has 0 saturated carbocycles. The average molecular weight is 359 g/mol. The van der Waals surface area contributed by atoms with Crippen LogP contribution in [0.25, 0.3) is 0 Å². The maximum absolute atomic E-state index is 12.8. The van der Waals surface area contributed by atoms with Crippen LogP contribution in [0.4, 0.5) is 0 Å². The second-order valence-corrected chi connectivity index (χ2v) is 8.60. The molecule has 0 radical (unpaired) electrons. The number of hydrogen-bond donors (Lipinski definition) is 0. The Labute approximate surface area is 150 Å². The predicted molar refractivity (Wildman–Crippen MR) is 99.9 cm³/mol. The summed E-state index contributed by atoms with van der Waals surface area (Å²) in [6.45, 7) is 2.73. The SMILES string of the molecule is CC1COC(c2ccccc2)CN1S(=O)(=O)CCCc1ccccc1. The summed E-state index contributed by atoms with van der Waals surface area (Å²) < 4.78 is 33.2. The molecule has 1 aliphatic heterocycles. The van der Waals surface area contributed by atoms with Crippen LogP contribution in [0.3, 0.4) is 0 Å². The molecule has 2 aromatic rings. The Kier molecular flexibility index (Phi) is 5.89. The molecule has 2 atom stereocenters. The van der Waals surface area contributed by atoms with Gasteiger partial charge in [0.1, 0.15) is 0 Å². The first kappa shape index (κ1) is 18.1. The fourth-order valence-corrected chi connectivity index (χ4v) is 4.93. The minimum Gasteiger partial charge on any atom is -0.370 e. The minimum absolute atomic E-state index is 0.123. The lowest BCUT2D eigenvalue weighted by Crippen LogP contribution is -2.48. The van der Waals surface area contributed by atoms with Crippen molar-refractivity contribution in [3.8, 4) is 0 Å². The smallest absolute Gasteiger partial charge is 0.214 e. The Balaban J connectivity index is 1.63.